The van der Waals surface area contributed by atoms with Crippen molar-refractivity contribution in [2.45, 2.75) is 92.3 Å². The van der Waals surface area contributed by atoms with Crippen LogP contribution in [0.25, 0.3) is 61.1 Å². The van der Waals surface area contributed by atoms with Gasteiger partial charge in [0.2, 0.25) is 6.33 Å². The fourth-order valence-electron chi connectivity index (χ4n) is 7.65. The van der Waals surface area contributed by atoms with E-state index < -0.39 is 13.8 Å². The van der Waals surface area contributed by atoms with Crippen LogP contribution in [0.15, 0.2) is 114 Å². The largest absolute Gasteiger partial charge is 3.00 e. The molecule has 304 valence electrons. The third-order valence-corrected chi connectivity index (χ3v) is 10.8. The molecule has 0 N–H and O–H groups in total. The number of rotatable bonds is 7. The van der Waals surface area contributed by atoms with Crippen molar-refractivity contribution in [3.05, 3.63) is 161 Å². The molecule has 0 aliphatic rings. The van der Waals surface area contributed by atoms with Crippen LogP contribution in [0, 0.1) is 36.6 Å². The second kappa shape index (κ2) is 17.9. The number of benzene rings is 5. The van der Waals surface area contributed by atoms with Crippen molar-refractivity contribution in [2.75, 3.05) is 0 Å². The normalized spacial score (nSPS) is 13.4. The van der Waals surface area contributed by atoms with Crippen LogP contribution >= 0.6 is 0 Å². The molecule has 0 unspecified atom stereocenters. The molecule has 8 aromatic rings. The molecule has 8 rings (SSSR count). The summed E-state index contributed by atoms with van der Waals surface area (Å²) in [4.78, 5) is 4.79. The molecule has 0 aliphatic carbocycles. The molecule has 6 heteroatoms. The van der Waals surface area contributed by atoms with Gasteiger partial charge in [-0.25, -0.2) is 0 Å². The Labute approximate surface area is 378 Å². The number of imidazole rings is 1. The van der Waals surface area contributed by atoms with E-state index in [1.165, 1.54) is 18.0 Å². The summed E-state index contributed by atoms with van der Waals surface area (Å²) in [5, 5.41) is 12.2. The summed E-state index contributed by atoms with van der Waals surface area (Å²) in [6.45, 7) is 15.0. The molecule has 5 nitrogen and oxygen atoms in total. The number of pyridine rings is 1. The van der Waals surface area contributed by atoms with Crippen molar-refractivity contribution in [1.82, 2.24) is 9.55 Å². The van der Waals surface area contributed by atoms with E-state index in [9.17, 15) is 5.26 Å². The molecule has 0 atom stereocenters. The third-order valence-electron chi connectivity index (χ3n) is 10.8. The first kappa shape index (κ1) is 36.3. The van der Waals surface area contributed by atoms with Crippen LogP contribution in [0.1, 0.15) is 122 Å². The molecule has 60 heavy (non-hydrogen) atoms. The average molecular weight is 973 g/mol. The number of aryl methyl sites for hydroxylation is 2. The van der Waals surface area contributed by atoms with Gasteiger partial charge in [-0.2, -0.15) is 35.6 Å². The first-order chi connectivity index (χ1) is 30.6. The molecule has 0 saturated carbocycles. The van der Waals surface area contributed by atoms with Gasteiger partial charge in [0.1, 0.15) is 17.2 Å². The average Bonchev–Trinajstić information content (AvgIpc) is 3.92. The number of nitrogens with zero attached hydrogens (tertiary/aromatic N) is 4. The minimum atomic E-state index is -2.39. The number of hydrogen-bond donors (Lipinski definition) is 0. The van der Waals surface area contributed by atoms with Gasteiger partial charge in [-0.1, -0.05) is 146 Å². The molecule has 0 bridgehead atoms. The van der Waals surface area contributed by atoms with Crippen molar-refractivity contribution in [1.29, 1.82) is 5.26 Å². The minimum Gasteiger partial charge on any atom is -0.499 e. The van der Waals surface area contributed by atoms with Gasteiger partial charge in [-0.15, -0.1) is 17.7 Å². The Bertz CT molecular complexity index is 3010. The first-order valence-electron chi connectivity index (χ1n) is 23.2. The number of fused-ring (bicyclic) bond motifs is 3. The van der Waals surface area contributed by atoms with Gasteiger partial charge in [-0.3, -0.25) is 0 Å². The van der Waals surface area contributed by atoms with Gasteiger partial charge in [0, 0.05) is 33.7 Å². The molecular weight excluding hydrogens is 913 g/mol. The smallest absolute Gasteiger partial charge is 0.499 e. The number of para-hydroxylation sites is 1. The SMILES string of the molecule is [2H]C([2H])([2H])[n+]1[c-]n(-c2[c-]cccc2)cc1.[2H]C([2H])([2H])c1cnc(-c2[c-]cc(C(C)C)c3c2oc2c(C#N)c(-c4ccccc4)ccc23)cc1-c1c(C(C)C)cc(C(C)(C)C)cc1C(C)C.[Ir+3]. The maximum absolute atomic E-state index is 10.5. The van der Waals surface area contributed by atoms with Crippen LogP contribution in [0.5, 0.6) is 0 Å². The molecule has 0 fully saturated rings. The number of nitriles is 1. The van der Waals surface area contributed by atoms with E-state index in [0.29, 0.717) is 33.6 Å². The van der Waals surface area contributed by atoms with Crippen molar-refractivity contribution >= 4 is 21.9 Å². The van der Waals surface area contributed by atoms with E-state index >= 15 is 0 Å². The Hall–Kier alpha value is -5.60. The molecule has 0 spiro atoms. The number of hydrogen-bond acceptors (Lipinski definition) is 3. The zero-order valence-electron chi connectivity index (χ0n) is 41.7. The summed E-state index contributed by atoms with van der Waals surface area (Å²) in [6, 6.07) is 38.5. The van der Waals surface area contributed by atoms with Crippen LogP contribution in [-0.4, -0.2) is 9.55 Å². The Morgan fingerprint density at radius 3 is 2.12 bits per heavy atom. The molecule has 0 amide bonds. The van der Waals surface area contributed by atoms with Crippen molar-refractivity contribution in [3.8, 4) is 45.3 Å². The van der Waals surface area contributed by atoms with E-state index in [-0.39, 0.29) is 48.8 Å². The zero-order chi connectivity index (χ0) is 47.2. The second-order valence-electron chi connectivity index (χ2n) is 17.0. The Kier molecular flexibility index (Phi) is 10.8. The van der Waals surface area contributed by atoms with Crippen LogP contribution in [0.3, 0.4) is 0 Å². The van der Waals surface area contributed by atoms with Crippen molar-refractivity contribution < 1.29 is 37.3 Å². The third kappa shape index (κ3) is 8.66. The first-order valence-corrected chi connectivity index (χ1v) is 20.2. The van der Waals surface area contributed by atoms with Gasteiger partial charge in [0.25, 0.3) is 0 Å². The van der Waals surface area contributed by atoms with E-state index in [4.69, 9.17) is 17.6 Å². The molecular formula is C54H54IrN4O+. The summed E-state index contributed by atoms with van der Waals surface area (Å²) in [5.74, 6) is 0.453. The fourth-order valence-corrected chi connectivity index (χ4v) is 7.65. The summed E-state index contributed by atoms with van der Waals surface area (Å²) < 4.78 is 56.7. The quantitative estimate of drug-likeness (QED) is 0.118. The van der Waals surface area contributed by atoms with Gasteiger partial charge >= 0.3 is 20.1 Å². The summed E-state index contributed by atoms with van der Waals surface area (Å²) in [6.07, 6.45) is 7.32. The maximum Gasteiger partial charge on any atom is 3.00 e. The fraction of sp³-hybridized carbons (Fsp3) is 0.278. The number of aromatic nitrogens is 3. The van der Waals surface area contributed by atoms with Gasteiger partial charge < -0.3 is 18.5 Å². The Balaban J connectivity index is 0.000000380. The van der Waals surface area contributed by atoms with Gasteiger partial charge in [-0.05, 0) is 68.7 Å². The molecule has 3 heterocycles. The van der Waals surface area contributed by atoms with Crippen LogP contribution < -0.4 is 4.57 Å². The summed E-state index contributed by atoms with van der Waals surface area (Å²) >= 11 is 0. The minimum absolute atomic E-state index is 0. The summed E-state index contributed by atoms with van der Waals surface area (Å²) in [5.41, 5.74) is 11.5. The molecule has 5 aromatic carbocycles. The predicted octanol–water partition coefficient (Wildman–Crippen LogP) is 13.5. The maximum atomic E-state index is 10.5. The molecule has 3 aromatic heterocycles. The van der Waals surface area contributed by atoms with Crippen LogP contribution in [0.2, 0.25) is 0 Å². The molecule has 0 saturated heterocycles. The Morgan fingerprint density at radius 2 is 1.53 bits per heavy atom. The molecule has 0 aliphatic heterocycles. The van der Waals surface area contributed by atoms with Crippen molar-refractivity contribution in [3.63, 3.8) is 0 Å². The van der Waals surface area contributed by atoms with E-state index in [0.717, 1.165) is 54.4 Å². The van der Waals surface area contributed by atoms with E-state index in [1.807, 2.05) is 72.8 Å². The topological polar surface area (TPSA) is 58.6 Å². The Morgan fingerprint density at radius 1 is 0.833 bits per heavy atom. The second-order valence-corrected chi connectivity index (χ2v) is 17.0. The summed E-state index contributed by atoms with van der Waals surface area (Å²) in [7, 11) is 0. The van der Waals surface area contributed by atoms with Crippen LogP contribution in [-0.2, 0) is 32.5 Å². The van der Waals surface area contributed by atoms with Gasteiger partial charge in [0.15, 0.2) is 0 Å². The van der Waals surface area contributed by atoms with E-state index in [1.54, 1.807) is 16.8 Å². The van der Waals surface area contributed by atoms with E-state index in [2.05, 4.69) is 99.0 Å². The van der Waals surface area contributed by atoms with Gasteiger partial charge in [0.05, 0.1) is 16.7 Å². The number of furan rings is 1. The molecule has 0 radical (unpaired) electrons. The zero-order valence-corrected chi connectivity index (χ0v) is 38.0. The van der Waals surface area contributed by atoms with Crippen LogP contribution in [0.4, 0.5) is 0 Å². The monoisotopic (exact) mass is 973 g/mol. The predicted molar refractivity (Wildman–Crippen MR) is 242 cm³/mol. The van der Waals surface area contributed by atoms with Crippen molar-refractivity contribution in [2.24, 2.45) is 6.98 Å². The standard InChI is InChI=1S/C44H45N2O.C10H9N2.Ir/c1-25(2)31-16-18-33(43-41(31)34-19-17-32(29-14-12-11-13-15-29)38(23-45)42(34)47-43)39-22-37(28(7)24-46-39)40-35(26(3)4)20-30(44(8,9)10)21-36(40)27(5)6;1-11-7-8-12(9-11)10-5-3-2-4-6-10;/h11-17,19-22,24-27H,1-10H3;2-5,7-8H,1H3;/q2*-1;+3/i7D3;1D3;.